The molecule has 3 N–H and O–H groups in total. The third-order valence-electron chi connectivity index (χ3n) is 1.98. The van der Waals surface area contributed by atoms with Gasteiger partial charge in [-0.15, -0.1) is 0 Å². The fraction of sp³-hybridized carbons (Fsp3) is 0.333. The highest BCUT2D eigenvalue weighted by Gasteiger charge is 2.26. The minimum Gasteiger partial charge on any atom is -0.480 e. The van der Waals surface area contributed by atoms with Gasteiger partial charge in [0.05, 0.1) is 6.54 Å². The number of carboxylic acid groups (broad SMARTS) is 2. The van der Waals surface area contributed by atoms with E-state index < -0.39 is 18.0 Å². The van der Waals surface area contributed by atoms with Crippen LogP contribution in [0.1, 0.15) is 11.7 Å². The summed E-state index contributed by atoms with van der Waals surface area (Å²) >= 11 is 0. The molecular weight excluding hydrogens is 200 g/mol. The third kappa shape index (κ3) is 2.81. The second-order valence-corrected chi connectivity index (χ2v) is 3.18. The van der Waals surface area contributed by atoms with E-state index in [0.29, 0.717) is 5.69 Å². The molecule has 0 aromatic carbocycles. The molecule has 0 bridgehead atoms. The lowest BCUT2D eigenvalue weighted by Gasteiger charge is -2.21. The van der Waals surface area contributed by atoms with Crippen LogP contribution in [0.15, 0.2) is 18.3 Å². The number of nitrogens with one attached hydrogen (secondary N) is 1. The molecule has 0 fully saturated rings. The molecule has 1 unspecified atom stereocenters. The van der Waals surface area contributed by atoms with Crippen molar-refractivity contribution in [3.05, 3.63) is 24.0 Å². The average molecular weight is 212 g/mol. The van der Waals surface area contributed by atoms with Crippen molar-refractivity contribution < 1.29 is 19.8 Å². The molecule has 6 nitrogen and oxygen atoms in total. The zero-order chi connectivity index (χ0) is 11.4. The number of rotatable bonds is 5. The zero-order valence-electron chi connectivity index (χ0n) is 8.17. The normalized spacial score (nSPS) is 12.7. The summed E-state index contributed by atoms with van der Waals surface area (Å²) in [6.45, 7) is -0.323. The van der Waals surface area contributed by atoms with Gasteiger partial charge in [0.15, 0.2) is 0 Å². The van der Waals surface area contributed by atoms with Crippen LogP contribution in [0.5, 0.6) is 0 Å². The summed E-state index contributed by atoms with van der Waals surface area (Å²) < 4.78 is 0. The van der Waals surface area contributed by atoms with Gasteiger partial charge in [0.25, 0.3) is 0 Å². The molecule has 0 spiro atoms. The summed E-state index contributed by atoms with van der Waals surface area (Å²) in [4.78, 5) is 25.4. The standard InChI is InChI=1S/C9H12N2O4/c1-11(5-7(12)13)8(9(14)15)6-3-2-4-10-6/h2-4,8,10H,5H2,1H3,(H,12,13)(H,14,15). The molecule has 15 heavy (non-hydrogen) atoms. The molecule has 1 atom stereocenters. The maximum absolute atomic E-state index is 11.0. The van der Waals surface area contributed by atoms with Crippen LogP contribution >= 0.6 is 0 Å². The number of hydrogen-bond donors (Lipinski definition) is 3. The number of carbonyl (C=O) groups is 2. The molecule has 1 rings (SSSR count). The molecule has 0 saturated heterocycles. The van der Waals surface area contributed by atoms with Gasteiger partial charge < -0.3 is 15.2 Å². The van der Waals surface area contributed by atoms with Crippen molar-refractivity contribution in [3.63, 3.8) is 0 Å². The van der Waals surface area contributed by atoms with Crippen LogP contribution < -0.4 is 0 Å². The molecule has 1 aromatic heterocycles. The van der Waals surface area contributed by atoms with E-state index >= 15 is 0 Å². The van der Waals surface area contributed by atoms with Crippen molar-refractivity contribution in [1.82, 2.24) is 9.88 Å². The number of likely N-dealkylation sites (N-methyl/N-ethyl adjacent to an activating group) is 1. The van der Waals surface area contributed by atoms with Gasteiger partial charge in [-0.3, -0.25) is 14.5 Å². The smallest absolute Gasteiger partial charge is 0.327 e. The molecule has 1 heterocycles. The summed E-state index contributed by atoms with van der Waals surface area (Å²) in [7, 11) is 1.45. The van der Waals surface area contributed by atoms with E-state index in [1.807, 2.05) is 0 Å². The number of aromatic nitrogens is 1. The first-order valence-electron chi connectivity index (χ1n) is 4.30. The van der Waals surface area contributed by atoms with Crippen molar-refractivity contribution in [2.24, 2.45) is 0 Å². The summed E-state index contributed by atoms with van der Waals surface area (Å²) in [6, 6.07) is 2.31. The van der Waals surface area contributed by atoms with Gasteiger partial charge in [0, 0.05) is 11.9 Å². The van der Waals surface area contributed by atoms with Gasteiger partial charge in [0.1, 0.15) is 6.04 Å². The number of carboxylic acids is 2. The molecule has 1 aromatic rings. The van der Waals surface area contributed by atoms with Crippen molar-refractivity contribution in [3.8, 4) is 0 Å². The largest absolute Gasteiger partial charge is 0.480 e. The zero-order valence-corrected chi connectivity index (χ0v) is 8.17. The fourth-order valence-electron chi connectivity index (χ4n) is 1.38. The van der Waals surface area contributed by atoms with Crippen molar-refractivity contribution >= 4 is 11.9 Å². The van der Waals surface area contributed by atoms with Crippen molar-refractivity contribution in [1.29, 1.82) is 0 Å². The van der Waals surface area contributed by atoms with E-state index in [1.54, 1.807) is 18.3 Å². The van der Waals surface area contributed by atoms with Gasteiger partial charge in [-0.1, -0.05) is 0 Å². The molecule has 0 radical (unpaired) electrons. The van der Waals surface area contributed by atoms with Gasteiger partial charge >= 0.3 is 11.9 Å². The minimum atomic E-state index is -1.08. The Balaban J connectivity index is 2.84. The second kappa shape index (κ2) is 4.61. The SMILES string of the molecule is CN(CC(=O)O)C(C(=O)O)c1ccc[nH]1. The highest BCUT2D eigenvalue weighted by molar-refractivity contribution is 5.76. The van der Waals surface area contributed by atoms with E-state index in [2.05, 4.69) is 4.98 Å². The van der Waals surface area contributed by atoms with Crippen LogP contribution in [-0.2, 0) is 9.59 Å². The van der Waals surface area contributed by atoms with Crippen LogP contribution in [0.3, 0.4) is 0 Å². The molecule has 82 valence electrons. The van der Waals surface area contributed by atoms with Crippen LogP contribution in [0.4, 0.5) is 0 Å². The second-order valence-electron chi connectivity index (χ2n) is 3.18. The minimum absolute atomic E-state index is 0.323. The van der Waals surface area contributed by atoms with Crippen LogP contribution in [0, 0.1) is 0 Å². The van der Waals surface area contributed by atoms with Gasteiger partial charge in [-0.05, 0) is 19.2 Å². The predicted molar refractivity (Wildman–Crippen MR) is 51.4 cm³/mol. The summed E-state index contributed by atoms with van der Waals surface area (Å²) in [5.41, 5.74) is 0.464. The van der Waals surface area contributed by atoms with Crippen molar-refractivity contribution in [2.75, 3.05) is 13.6 Å². The highest BCUT2D eigenvalue weighted by atomic mass is 16.4. The first kappa shape index (κ1) is 11.3. The summed E-state index contributed by atoms with van der Waals surface area (Å²) in [6.07, 6.45) is 1.60. The lowest BCUT2D eigenvalue weighted by atomic mass is 10.2. The quantitative estimate of drug-likeness (QED) is 0.646. The molecule has 6 heteroatoms. The monoisotopic (exact) mass is 212 g/mol. The molecular formula is C9H12N2O4. The Morgan fingerprint density at radius 1 is 1.53 bits per heavy atom. The fourth-order valence-corrected chi connectivity index (χ4v) is 1.38. The lowest BCUT2D eigenvalue weighted by Crippen LogP contribution is -2.34. The number of aliphatic carboxylic acids is 2. The van der Waals surface area contributed by atoms with E-state index in [1.165, 1.54) is 11.9 Å². The van der Waals surface area contributed by atoms with Gasteiger partial charge in [-0.2, -0.15) is 0 Å². The lowest BCUT2D eigenvalue weighted by molar-refractivity contribution is -0.145. The van der Waals surface area contributed by atoms with Gasteiger partial charge in [0.2, 0.25) is 0 Å². The Bertz CT molecular complexity index is 347. The van der Waals surface area contributed by atoms with E-state index in [9.17, 15) is 9.59 Å². The van der Waals surface area contributed by atoms with Gasteiger partial charge in [-0.25, -0.2) is 0 Å². The van der Waals surface area contributed by atoms with E-state index in [4.69, 9.17) is 10.2 Å². The first-order chi connectivity index (χ1) is 7.02. The highest BCUT2D eigenvalue weighted by Crippen LogP contribution is 2.17. The third-order valence-corrected chi connectivity index (χ3v) is 1.98. The maximum Gasteiger partial charge on any atom is 0.327 e. The summed E-state index contributed by atoms with van der Waals surface area (Å²) in [5, 5.41) is 17.5. The maximum atomic E-state index is 11.0. The molecule has 0 aliphatic rings. The Hall–Kier alpha value is -1.82. The van der Waals surface area contributed by atoms with Crippen molar-refractivity contribution in [2.45, 2.75) is 6.04 Å². The van der Waals surface area contributed by atoms with Crippen LogP contribution in [0.2, 0.25) is 0 Å². The Kier molecular flexibility index (Phi) is 3.46. The van der Waals surface area contributed by atoms with Crippen LogP contribution in [-0.4, -0.2) is 45.6 Å². The van der Waals surface area contributed by atoms with E-state index in [-0.39, 0.29) is 6.54 Å². The topological polar surface area (TPSA) is 93.6 Å². The molecule has 0 aliphatic heterocycles. The number of nitrogens with zero attached hydrogens (tertiary/aromatic N) is 1. The number of hydrogen-bond acceptors (Lipinski definition) is 3. The predicted octanol–water partition coefficient (Wildman–Crippen LogP) is 0.157. The summed E-state index contributed by atoms with van der Waals surface area (Å²) in [5.74, 6) is -2.14. The molecule has 0 saturated carbocycles. The van der Waals surface area contributed by atoms with Crippen LogP contribution in [0.25, 0.3) is 0 Å². The molecule has 0 aliphatic carbocycles. The Morgan fingerprint density at radius 2 is 2.20 bits per heavy atom. The Morgan fingerprint density at radius 3 is 2.60 bits per heavy atom. The average Bonchev–Trinajstić information content (AvgIpc) is 2.54. The molecule has 0 amide bonds. The number of aromatic amines is 1. The van der Waals surface area contributed by atoms with E-state index in [0.717, 1.165) is 0 Å². The number of H-pyrrole nitrogens is 1. The first-order valence-corrected chi connectivity index (χ1v) is 4.30. The Labute approximate surface area is 86.1 Å².